The van der Waals surface area contributed by atoms with E-state index in [0.29, 0.717) is 30.3 Å². The van der Waals surface area contributed by atoms with E-state index in [1.165, 1.54) is 74.9 Å². The number of phenolic OH excluding ortho intramolecular Hbond substituents is 1. The molecule has 2 saturated heterocycles. The smallest absolute Gasteiger partial charge is 0.197 e. The van der Waals surface area contributed by atoms with E-state index in [1.807, 2.05) is 24.3 Å². The van der Waals surface area contributed by atoms with E-state index in [2.05, 4.69) is 70.5 Å². The third-order valence-corrected chi connectivity index (χ3v) is 11.3. The van der Waals surface area contributed by atoms with Gasteiger partial charge in [-0.2, -0.15) is 0 Å². The van der Waals surface area contributed by atoms with Crippen molar-refractivity contribution < 1.29 is 19.0 Å². The Morgan fingerprint density at radius 2 is 1.13 bits per heavy atom. The fourth-order valence-corrected chi connectivity index (χ4v) is 8.16. The molecule has 5 aromatic rings. The van der Waals surface area contributed by atoms with E-state index in [1.54, 1.807) is 6.07 Å². The summed E-state index contributed by atoms with van der Waals surface area (Å²) >= 11 is 0. The van der Waals surface area contributed by atoms with Crippen LogP contribution in [0.3, 0.4) is 0 Å². The molecule has 7 heteroatoms. The van der Waals surface area contributed by atoms with Gasteiger partial charge in [-0.25, -0.2) is 0 Å². The van der Waals surface area contributed by atoms with Crippen LogP contribution in [0.5, 0.6) is 17.2 Å². The van der Waals surface area contributed by atoms with Gasteiger partial charge in [0.15, 0.2) is 5.43 Å². The van der Waals surface area contributed by atoms with Crippen molar-refractivity contribution in [3.8, 4) is 28.6 Å². The number of hydrogen-bond acceptors (Lipinski definition) is 7. The lowest BCUT2D eigenvalue weighted by Crippen LogP contribution is -2.35. The molecule has 7 rings (SSSR count). The molecule has 0 spiro atoms. The second kappa shape index (κ2) is 19.1. The average Bonchev–Trinajstić information content (AvgIpc) is 3.20. The number of nitrogens with zero attached hydrogens (tertiary/aromatic N) is 2. The lowest BCUT2D eigenvalue weighted by atomic mass is 9.90. The highest BCUT2D eigenvalue weighted by molar-refractivity contribution is 5.86. The SMILES string of the molecule is O=c1cc(-c2ccc(OCCCCN3CCC(Cc4ccccc4)CC3)cc2)oc2cc(OCCCCN3CCC(Cc4ccccc4)CC3)cc(O)c12. The van der Waals surface area contributed by atoms with Gasteiger partial charge in [0, 0.05) is 23.8 Å². The Hall–Kier alpha value is -4.59. The first-order chi connectivity index (χ1) is 26.6. The number of unbranched alkanes of at least 4 members (excludes halogenated alkanes) is 2. The van der Waals surface area contributed by atoms with Crippen LogP contribution in [0.15, 0.2) is 112 Å². The predicted molar refractivity (Wildman–Crippen MR) is 218 cm³/mol. The molecule has 7 nitrogen and oxygen atoms in total. The Morgan fingerprint density at radius 1 is 0.611 bits per heavy atom. The summed E-state index contributed by atoms with van der Waals surface area (Å²) in [5.41, 5.74) is 3.70. The summed E-state index contributed by atoms with van der Waals surface area (Å²) in [5.74, 6) is 3.18. The molecule has 2 aliphatic heterocycles. The van der Waals surface area contributed by atoms with E-state index in [9.17, 15) is 9.90 Å². The molecule has 0 bridgehead atoms. The molecule has 0 radical (unpaired) electrons. The highest BCUT2D eigenvalue weighted by Gasteiger charge is 2.20. The number of aromatic hydroxyl groups is 1. The van der Waals surface area contributed by atoms with Crippen LogP contribution in [-0.4, -0.2) is 67.4 Å². The van der Waals surface area contributed by atoms with Gasteiger partial charge in [0.2, 0.25) is 0 Å². The molecular weight excluding hydrogens is 673 g/mol. The van der Waals surface area contributed by atoms with Crippen LogP contribution < -0.4 is 14.9 Å². The summed E-state index contributed by atoms with van der Waals surface area (Å²) in [6.45, 7) is 8.09. The van der Waals surface area contributed by atoms with Crippen molar-refractivity contribution in [2.24, 2.45) is 11.8 Å². The summed E-state index contributed by atoms with van der Waals surface area (Å²) in [7, 11) is 0. The average molecular weight is 729 g/mol. The van der Waals surface area contributed by atoms with E-state index >= 15 is 0 Å². The third kappa shape index (κ3) is 10.8. The maximum atomic E-state index is 13.0. The van der Waals surface area contributed by atoms with Crippen molar-refractivity contribution in [2.75, 3.05) is 52.5 Å². The number of likely N-dealkylation sites (tertiary alicyclic amines) is 2. The van der Waals surface area contributed by atoms with Gasteiger partial charge in [-0.05, 0) is 151 Å². The highest BCUT2D eigenvalue weighted by atomic mass is 16.5. The van der Waals surface area contributed by atoms with Crippen LogP contribution in [0.25, 0.3) is 22.3 Å². The van der Waals surface area contributed by atoms with Gasteiger partial charge in [-0.3, -0.25) is 4.79 Å². The maximum absolute atomic E-state index is 13.0. The molecular formula is C47H56N2O5. The molecule has 0 amide bonds. The van der Waals surface area contributed by atoms with Crippen molar-refractivity contribution in [3.05, 3.63) is 124 Å². The van der Waals surface area contributed by atoms with Gasteiger partial charge in [0.1, 0.15) is 34.0 Å². The minimum Gasteiger partial charge on any atom is -0.507 e. The van der Waals surface area contributed by atoms with Gasteiger partial charge in [0.05, 0.1) is 13.2 Å². The van der Waals surface area contributed by atoms with Gasteiger partial charge in [-0.15, -0.1) is 0 Å². The molecule has 0 aliphatic carbocycles. The second-order valence-corrected chi connectivity index (χ2v) is 15.4. The van der Waals surface area contributed by atoms with Crippen LogP contribution >= 0.6 is 0 Å². The number of hydrogen-bond donors (Lipinski definition) is 1. The van der Waals surface area contributed by atoms with Crippen LogP contribution in [0.4, 0.5) is 0 Å². The fourth-order valence-electron chi connectivity index (χ4n) is 8.16. The molecule has 284 valence electrons. The minimum atomic E-state index is -0.288. The van der Waals surface area contributed by atoms with E-state index < -0.39 is 0 Å². The lowest BCUT2D eigenvalue weighted by Gasteiger charge is -2.32. The van der Waals surface area contributed by atoms with Crippen LogP contribution in [0.2, 0.25) is 0 Å². The first-order valence-corrected chi connectivity index (χ1v) is 20.3. The number of benzene rings is 4. The first kappa shape index (κ1) is 37.7. The van der Waals surface area contributed by atoms with Gasteiger partial charge in [-0.1, -0.05) is 60.7 Å². The van der Waals surface area contributed by atoms with Crippen LogP contribution in [0.1, 0.15) is 62.5 Å². The number of rotatable bonds is 17. The largest absolute Gasteiger partial charge is 0.507 e. The number of phenols is 1. The third-order valence-electron chi connectivity index (χ3n) is 11.3. The Morgan fingerprint density at radius 3 is 1.67 bits per heavy atom. The Balaban J connectivity index is 0.815. The predicted octanol–water partition coefficient (Wildman–Crippen LogP) is 9.39. The summed E-state index contributed by atoms with van der Waals surface area (Å²) in [5, 5.41) is 10.9. The van der Waals surface area contributed by atoms with E-state index in [-0.39, 0.29) is 16.6 Å². The van der Waals surface area contributed by atoms with E-state index in [4.69, 9.17) is 13.9 Å². The zero-order valence-electron chi connectivity index (χ0n) is 31.7. The Labute approximate surface area is 320 Å². The summed E-state index contributed by atoms with van der Waals surface area (Å²) in [6.07, 6.45) is 11.5. The minimum absolute atomic E-state index is 0.127. The van der Waals surface area contributed by atoms with Crippen molar-refractivity contribution in [3.63, 3.8) is 0 Å². The molecule has 54 heavy (non-hydrogen) atoms. The number of fused-ring (bicyclic) bond motifs is 1. The molecule has 0 atom stereocenters. The van der Waals surface area contributed by atoms with E-state index in [0.717, 1.165) is 75.0 Å². The second-order valence-electron chi connectivity index (χ2n) is 15.4. The van der Waals surface area contributed by atoms with Crippen molar-refractivity contribution in [1.82, 2.24) is 9.80 Å². The maximum Gasteiger partial charge on any atom is 0.197 e. The molecule has 2 fully saturated rings. The number of piperidine rings is 2. The Kier molecular flexibility index (Phi) is 13.4. The molecule has 1 aromatic heterocycles. The standard InChI is InChI=1S/C47H56N2O5/c50-43-33-42(53-30-10-8-24-49-27-21-39(22-28-49)32-37-13-5-2-6-14-37)34-46-47(43)44(51)35-45(54-46)40-15-17-41(18-16-40)52-29-9-7-23-48-25-19-38(20-26-48)31-36-11-3-1-4-12-36/h1-6,11-18,33-35,38-39,50H,7-10,19-32H2. The molecule has 3 heterocycles. The van der Waals surface area contributed by atoms with Crippen molar-refractivity contribution >= 4 is 11.0 Å². The van der Waals surface area contributed by atoms with Gasteiger partial charge >= 0.3 is 0 Å². The Bertz CT molecular complexity index is 1930. The highest BCUT2D eigenvalue weighted by Crippen LogP contribution is 2.32. The first-order valence-electron chi connectivity index (χ1n) is 20.3. The summed E-state index contributed by atoms with van der Waals surface area (Å²) in [4.78, 5) is 18.2. The van der Waals surface area contributed by atoms with Gasteiger partial charge < -0.3 is 28.8 Å². The molecule has 2 aliphatic rings. The topological polar surface area (TPSA) is 75.4 Å². The van der Waals surface area contributed by atoms with Crippen molar-refractivity contribution in [2.45, 2.75) is 64.2 Å². The molecule has 4 aromatic carbocycles. The van der Waals surface area contributed by atoms with Crippen LogP contribution in [-0.2, 0) is 12.8 Å². The fraction of sp³-hybridized carbons (Fsp3) is 0.426. The lowest BCUT2D eigenvalue weighted by molar-refractivity contribution is 0.177. The zero-order chi connectivity index (χ0) is 37.0. The van der Waals surface area contributed by atoms with Crippen LogP contribution in [0, 0.1) is 11.8 Å². The normalized spacial score (nSPS) is 16.1. The summed E-state index contributed by atoms with van der Waals surface area (Å²) in [6, 6.07) is 34.0. The zero-order valence-corrected chi connectivity index (χ0v) is 31.7. The molecule has 0 unspecified atom stereocenters. The summed E-state index contributed by atoms with van der Waals surface area (Å²) < 4.78 is 18.2. The van der Waals surface area contributed by atoms with Crippen molar-refractivity contribution in [1.29, 1.82) is 0 Å². The monoisotopic (exact) mass is 728 g/mol. The molecule has 1 N–H and O–H groups in total. The quantitative estimate of drug-likeness (QED) is 0.0957. The number of ether oxygens (including phenoxy) is 2. The molecule has 0 saturated carbocycles. The van der Waals surface area contributed by atoms with Gasteiger partial charge in [0.25, 0.3) is 0 Å².